The van der Waals surface area contributed by atoms with Gasteiger partial charge in [0.15, 0.2) is 18.9 Å². The van der Waals surface area contributed by atoms with E-state index in [9.17, 15) is 30.3 Å². The summed E-state index contributed by atoms with van der Waals surface area (Å²) >= 11 is 0. The summed E-state index contributed by atoms with van der Waals surface area (Å²) in [4.78, 5) is 12.8. The van der Waals surface area contributed by atoms with Crippen molar-refractivity contribution in [1.29, 1.82) is 0 Å². The average Bonchev–Trinajstić information content (AvgIpc) is 3.26. The van der Waals surface area contributed by atoms with Crippen LogP contribution in [0, 0.1) is 0 Å². The Morgan fingerprint density at radius 2 is 1.11 bits per heavy atom. The van der Waals surface area contributed by atoms with Crippen molar-refractivity contribution in [2.75, 3.05) is 19.8 Å². The van der Waals surface area contributed by atoms with Crippen LogP contribution in [0.3, 0.4) is 0 Å². The van der Waals surface area contributed by atoms with E-state index in [1.54, 1.807) is 6.92 Å². The fourth-order valence-corrected chi connectivity index (χ4v) is 8.37. The molecule has 0 aliphatic carbocycles. The number of hydrogen-bond donors (Lipinski definition) is 6. The number of nitrogens with one attached hydrogen (secondary N) is 1. The van der Waals surface area contributed by atoms with Gasteiger partial charge >= 0.3 is 0 Å². The molecule has 16 nitrogen and oxygen atoms in total. The van der Waals surface area contributed by atoms with Crippen molar-refractivity contribution in [3.8, 4) is 0 Å². The lowest BCUT2D eigenvalue weighted by Crippen LogP contribution is -2.69. The van der Waals surface area contributed by atoms with E-state index in [-0.39, 0.29) is 33.0 Å². The van der Waals surface area contributed by atoms with Gasteiger partial charge in [0.2, 0.25) is 5.91 Å². The Bertz CT molecular complexity index is 1790. The topological polar surface area (TPSA) is 213 Å². The molecule has 3 saturated heterocycles. The van der Waals surface area contributed by atoms with Crippen molar-refractivity contribution in [2.45, 2.75) is 151 Å². The maximum absolute atomic E-state index is 12.8. The number of ether oxygens (including phenoxy) is 9. The number of carbonyl (C=O) groups excluding carboxylic acids is 1. The largest absolute Gasteiger partial charge is 0.388 e. The van der Waals surface area contributed by atoms with Crippen molar-refractivity contribution in [3.63, 3.8) is 0 Å². The van der Waals surface area contributed by atoms with Gasteiger partial charge in [0.1, 0.15) is 67.1 Å². The molecule has 0 saturated carbocycles. The first-order valence-electron chi connectivity index (χ1n) is 21.6. The minimum atomic E-state index is -1.77. The number of rotatable bonds is 20. The maximum atomic E-state index is 12.8. The monoisotopic (exact) mass is 899 g/mol. The number of aliphatic hydroxyl groups is 5. The van der Waals surface area contributed by atoms with Gasteiger partial charge in [-0.05, 0) is 29.7 Å². The highest BCUT2D eigenvalue weighted by Gasteiger charge is 2.54. The molecule has 0 bridgehead atoms. The van der Waals surface area contributed by atoms with Crippen LogP contribution in [0.4, 0.5) is 0 Å². The molecule has 1 amide bonds. The summed E-state index contributed by atoms with van der Waals surface area (Å²) in [5.41, 5.74) is 2.59. The Labute approximate surface area is 370 Å². The highest BCUT2D eigenvalue weighted by molar-refractivity contribution is 6.76. The molecule has 15 atom stereocenters. The molecular formula is C46H65NO15Si. The highest BCUT2D eigenvalue weighted by atomic mass is 28.3. The van der Waals surface area contributed by atoms with Crippen LogP contribution in [-0.2, 0) is 67.2 Å². The molecular weight excluding hydrogens is 835 g/mol. The van der Waals surface area contributed by atoms with Gasteiger partial charge in [0.25, 0.3) is 0 Å². The van der Waals surface area contributed by atoms with Crippen molar-refractivity contribution >= 4 is 14.0 Å². The Kier molecular flexibility index (Phi) is 18.2. The molecule has 0 aromatic heterocycles. The van der Waals surface area contributed by atoms with Crippen LogP contribution in [0.1, 0.15) is 30.5 Å². The Balaban J connectivity index is 1.26. The fourth-order valence-electron chi connectivity index (χ4n) is 7.64. The first-order chi connectivity index (χ1) is 30.2. The van der Waals surface area contributed by atoms with Crippen LogP contribution in [0.2, 0.25) is 25.7 Å². The predicted octanol–water partition coefficient (Wildman–Crippen LogP) is 2.63. The van der Waals surface area contributed by atoms with Crippen LogP contribution < -0.4 is 5.32 Å². The van der Waals surface area contributed by atoms with E-state index in [0.717, 1.165) is 22.7 Å². The number of aliphatic hydroxyl groups excluding tert-OH is 5. The van der Waals surface area contributed by atoms with E-state index in [1.165, 1.54) is 6.92 Å². The molecule has 3 fully saturated rings. The predicted molar refractivity (Wildman–Crippen MR) is 230 cm³/mol. The van der Waals surface area contributed by atoms with E-state index in [2.05, 4.69) is 25.0 Å². The second-order valence-corrected chi connectivity index (χ2v) is 23.2. The van der Waals surface area contributed by atoms with E-state index in [4.69, 9.17) is 42.6 Å². The van der Waals surface area contributed by atoms with Gasteiger partial charge in [-0.2, -0.15) is 0 Å². The molecule has 17 heteroatoms. The van der Waals surface area contributed by atoms with Gasteiger partial charge < -0.3 is 73.5 Å². The van der Waals surface area contributed by atoms with E-state index in [1.807, 2.05) is 91.0 Å². The molecule has 0 unspecified atom stereocenters. The standard InChI is InChI=1S/C46H65NO15Si/c1-28-36(49)42(43(57-25-32-19-13-8-14-20-32)46(58-28)56-21-22-63(3,4)5)62-44-35(47-29(2)48)38(51)41(34(60-44)27-55-24-31-17-11-7-12-18-31)61-45-40(53)39(52)37(50)33(59-45)26-54-23-30-15-9-6-10-16-30/h6-20,28,33-46,49-53H,21-27H2,1-5H3,(H,47,48)/t28-,33+,34+,35+,36+,37-,38+,39-,40+,41+,42+,43-,44-,45-,46+/m0/s1. The Morgan fingerprint density at radius 3 is 1.67 bits per heavy atom. The summed E-state index contributed by atoms with van der Waals surface area (Å²) < 4.78 is 56.5. The highest BCUT2D eigenvalue weighted by Crippen LogP contribution is 2.34. The summed E-state index contributed by atoms with van der Waals surface area (Å²) in [6.07, 6.45) is -18.5. The van der Waals surface area contributed by atoms with Gasteiger partial charge in [-0.25, -0.2) is 0 Å². The zero-order valence-electron chi connectivity index (χ0n) is 36.6. The molecule has 3 aliphatic rings. The number of hydrogen-bond acceptors (Lipinski definition) is 15. The summed E-state index contributed by atoms with van der Waals surface area (Å²) in [5, 5.41) is 59.7. The van der Waals surface area contributed by atoms with Crippen molar-refractivity contribution in [3.05, 3.63) is 108 Å². The fraction of sp³-hybridized carbons (Fsp3) is 0.587. The lowest BCUT2D eigenvalue weighted by molar-refractivity contribution is -0.370. The third kappa shape index (κ3) is 13.9. The lowest BCUT2D eigenvalue weighted by atomic mass is 9.94. The SMILES string of the molecule is CC(=O)N[C@H]1[C@H](O[C@@H]2[C@H](O)[C@H](C)O[C@@H](OCC[Si](C)(C)C)[C@H]2OCc2ccccc2)O[C@H](COCc2ccccc2)[C@@H](O[C@@H]2O[C@H](COCc3ccccc3)[C@H](O)[C@H](O)[C@H]2O)[C@@H]1O. The average molecular weight is 900 g/mol. The maximum Gasteiger partial charge on any atom is 0.217 e. The second kappa shape index (κ2) is 23.3. The van der Waals surface area contributed by atoms with Crippen LogP contribution >= 0.6 is 0 Å². The van der Waals surface area contributed by atoms with E-state index in [0.29, 0.717) is 6.61 Å². The first kappa shape index (κ1) is 49.2. The van der Waals surface area contributed by atoms with Crippen LogP contribution in [0.25, 0.3) is 0 Å². The first-order valence-corrected chi connectivity index (χ1v) is 25.3. The molecule has 0 spiro atoms. The Hall–Kier alpha value is -3.21. The van der Waals surface area contributed by atoms with E-state index >= 15 is 0 Å². The second-order valence-electron chi connectivity index (χ2n) is 17.6. The van der Waals surface area contributed by atoms with Crippen LogP contribution in [-0.4, -0.2) is 151 Å². The number of carbonyl (C=O) groups is 1. The van der Waals surface area contributed by atoms with Crippen molar-refractivity contribution < 1.29 is 73.0 Å². The Morgan fingerprint density at radius 1 is 0.587 bits per heavy atom. The minimum absolute atomic E-state index is 0.126. The van der Waals surface area contributed by atoms with Gasteiger partial charge in [0.05, 0.1) is 39.1 Å². The molecule has 0 radical (unpaired) electrons. The summed E-state index contributed by atoms with van der Waals surface area (Å²) in [7, 11) is -1.52. The van der Waals surface area contributed by atoms with Crippen molar-refractivity contribution in [1.82, 2.24) is 5.32 Å². The zero-order chi connectivity index (χ0) is 45.1. The summed E-state index contributed by atoms with van der Waals surface area (Å²) in [5.74, 6) is -0.540. The number of amides is 1. The molecule has 6 rings (SSSR count). The minimum Gasteiger partial charge on any atom is -0.388 e. The van der Waals surface area contributed by atoms with Crippen LogP contribution in [0.15, 0.2) is 91.0 Å². The molecule has 6 N–H and O–H groups in total. The molecule has 3 heterocycles. The van der Waals surface area contributed by atoms with Crippen molar-refractivity contribution in [2.24, 2.45) is 0 Å². The molecule has 3 aliphatic heterocycles. The molecule has 63 heavy (non-hydrogen) atoms. The quantitative estimate of drug-likeness (QED) is 0.0901. The van der Waals surface area contributed by atoms with Gasteiger partial charge in [-0.15, -0.1) is 0 Å². The van der Waals surface area contributed by atoms with Gasteiger partial charge in [0, 0.05) is 21.6 Å². The third-order valence-corrected chi connectivity index (χ3v) is 13.0. The van der Waals surface area contributed by atoms with E-state index < -0.39 is 106 Å². The third-order valence-electron chi connectivity index (χ3n) is 11.3. The zero-order valence-corrected chi connectivity index (χ0v) is 37.6. The number of benzene rings is 3. The molecule has 348 valence electrons. The normalized spacial score (nSPS) is 33.8. The summed E-state index contributed by atoms with van der Waals surface area (Å²) in [6.45, 7) is 10.2. The smallest absolute Gasteiger partial charge is 0.217 e. The molecule has 3 aromatic carbocycles. The van der Waals surface area contributed by atoms with Crippen LogP contribution in [0.5, 0.6) is 0 Å². The van der Waals surface area contributed by atoms with Gasteiger partial charge in [-0.3, -0.25) is 4.79 Å². The molecule has 3 aromatic rings. The summed E-state index contributed by atoms with van der Waals surface area (Å²) in [6, 6.07) is 27.7. The van der Waals surface area contributed by atoms with Gasteiger partial charge in [-0.1, -0.05) is 111 Å². The lowest BCUT2D eigenvalue weighted by Gasteiger charge is -2.50.